The van der Waals surface area contributed by atoms with Crippen molar-refractivity contribution >= 4 is 5.91 Å². The predicted octanol–water partition coefficient (Wildman–Crippen LogP) is 3.94. The molecular weight excluding hydrogens is 338 g/mol. The molecule has 0 fully saturated rings. The fraction of sp³-hybridized carbons (Fsp3) is 0.435. The van der Waals surface area contributed by atoms with Crippen LogP contribution in [0.25, 0.3) is 0 Å². The molecule has 27 heavy (non-hydrogen) atoms. The number of benzene rings is 2. The first-order valence-electron chi connectivity index (χ1n) is 9.79. The second-order valence-corrected chi connectivity index (χ2v) is 7.04. The first-order chi connectivity index (χ1) is 13.1. The van der Waals surface area contributed by atoms with Crippen molar-refractivity contribution in [1.29, 1.82) is 0 Å². The van der Waals surface area contributed by atoms with E-state index in [9.17, 15) is 9.90 Å². The molecule has 1 unspecified atom stereocenters. The molecule has 0 saturated heterocycles. The molecule has 2 aromatic carbocycles. The first kappa shape index (κ1) is 21.0. The zero-order chi connectivity index (χ0) is 19.5. The molecule has 0 spiro atoms. The van der Waals surface area contributed by atoms with Crippen LogP contribution >= 0.6 is 0 Å². The molecule has 4 nitrogen and oxygen atoms in total. The van der Waals surface area contributed by atoms with Gasteiger partial charge in [-0.05, 0) is 42.0 Å². The summed E-state index contributed by atoms with van der Waals surface area (Å²) in [6.45, 7) is 5.38. The van der Waals surface area contributed by atoms with Gasteiger partial charge in [-0.25, -0.2) is 0 Å². The smallest absolute Gasteiger partial charge is 0.229 e. The van der Waals surface area contributed by atoms with Gasteiger partial charge in [-0.3, -0.25) is 4.79 Å². The molecule has 1 amide bonds. The third-order valence-electron chi connectivity index (χ3n) is 4.65. The maximum Gasteiger partial charge on any atom is 0.229 e. The SMILES string of the molecule is CCCC(C)COc1ccc([C@@H](CO)C(=O)NCCc2ccccc2)cc1. The molecule has 2 rings (SSSR count). The maximum absolute atomic E-state index is 12.4. The van der Waals surface area contributed by atoms with Gasteiger partial charge in [0.15, 0.2) is 0 Å². The molecule has 2 aromatic rings. The van der Waals surface area contributed by atoms with Crippen LogP contribution < -0.4 is 10.1 Å². The first-order valence-corrected chi connectivity index (χ1v) is 9.79. The number of ether oxygens (including phenoxy) is 1. The van der Waals surface area contributed by atoms with Gasteiger partial charge in [-0.15, -0.1) is 0 Å². The van der Waals surface area contributed by atoms with Crippen molar-refractivity contribution in [2.24, 2.45) is 5.92 Å². The molecule has 0 aliphatic rings. The molecule has 0 aliphatic heterocycles. The fourth-order valence-corrected chi connectivity index (χ4v) is 3.05. The van der Waals surface area contributed by atoms with Crippen molar-refractivity contribution in [3.8, 4) is 5.75 Å². The molecule has 4 heteroatoms. The third-order valence-corrected chi connectivity index (χ3v) is 4.65. The average molecular weight is 370 g/mol. The van der Waals surface area contributed by atoms with Gasteiger partial charge in [0.25, 0.3) is 0 Å². The maximum atomic E-state index is 12.4. The summed E-state index contributed by atoms with van der Waals surface area (Å²) in [5.41, 5.74) is 1.97. The largest absolute Gasteiger partial charge is 0.493 e. The van der Waals surface area contributed by atoms with E-state index in [1.807, 2.05) is 54.6 Å². The van der Waals surface area contributed by atoms with E-state index >= 15 is 0 Å². The van der Waals surface area contributed by atoms with Crippen LogP contribution in [0.2, 0.25) is 0 Å². The van der Waals surface area contributed by atoms with Crippen LogP contribution in [0.3, 0.4) is 0 Å². The number of hydrogen-bond acceptors (Lipinski definition) is 3. The molecule has 0 radical (unpaired) electrons. The standard InChI is InChI=1S/C23H31NO3/c1-3-7-18(2)17-27-21-12-10-20(11-13-21)22(16-25)23(26)24-15-14-19-8-5-4-6-9-19/h4-6,8-13,18,22,25H,3,7,14-17H2,1-2H3,(H,24,26)/t18?,22-/m1/s1. The molecule has 0 heterocycles. The number of carbonyl (C=O) groups is 1. The zero-order valence-electron chi connectivity index (χ0n) is 16.4. The minimum atomic E-state index is -0.561. The summed E-state index contributed by atoms with van der Waals surface area (Å²) >= 11 is 0. The van der Waals surface area contributed by atoms with Crippen molar-refractivity contribution in [3.63, 3.8) is 0 Å². The highest BCUT2D eigenvalue weighted by molar-refractivity contribution is 5.83. The van der Waals surface area contributed by atoms with E-state index in [1.165, 1.54) is 5.56 Å². The highest BCUT2D eigenvalue weighted by Crippen LogP contribution is 2.20. The lowest BCUT2D eigenvalue weighted by Gasteiger charge is -2.16. The van der Waals surface area contributed by atoms with Gasteiger partial charge in [0.2, 0.25) is 5.91 Å². The van der Waals surface area contributed by atoms with Crippen molar-refractivity contribution in [2.45, 2.75) is 39.0 Å². The average Bonchev–Trinajstić information content (AvgIpc) is 2.69. The minimum absolute atomic E-state index is 0.154. The Labute approximate surface area is 162 Å². The Morgan fingerprint density at radius 1 is 1.11 bits per heavy atom. The molecule has 0 aliphatic carbocycles. The van der Waals surface area contributed by atoms with Gasteiger partial charge in [0.05, 0.1) is 19.1 Å². The number of aliphatic hydroxyl groups is 1. The Morgan fingerprint density at radius 3 is 2.44 bits per heavy atom. The summed E-state index contributed by atoms with van der Waals surface area (Å²) in [6, 6.07) is 17.5. The van der Waals surface area contributed by atoms with Gasteiger partial charge in [-0.2, -0.15) is 0 Å². The summed E-state index contributed by atoms with van der Waals surface area (Å²) in [5, 5.41) is 12.6. The number of rotatable bonds is 11. The van der Waals surface area contributed by atoms with Crippen molar-refractivity contribution < 1.29 is 14.6 Å². The van der Waals surface area contributed by atoms with Gasteiger partial charge in [0.1, 0.15) is 5.75 Å². The quantitative estimate of drug-likeness (QED) is 0.631. The Bertz CT molecular complexity index is 670. The molecular formula is C23H31NO3. The third kappa shape index (κ3) is 7.06. The second kappa shape index (κ2) is 11.4. The Hall–Kier alpha value is -2.33. The molecule has 0 aromatic heterocycles. The van der Waals surface area contributed by atoms with E-state index in [0.29, 0.717) is 19.1 Å². The molecule has 0 bridgehead atoms. The lowest BCUT2D eigenvalue weighted by atomic mass is 9.99. The van der Waals surface area contributed by atoms with E-state index < -0.39 is 5.92 Å². The highest BCUT2D eigenvalue weighted by Gasteiger charge is 2.19. The Balaban J connectivity index is 1.85. The van der Waals surface area contributed by atoms with Crippen molar-refractivity contribution in [1.82, 2.24) is 5.32 Å². The summed E-state index contributed by atoms with van der Waals surface area (Å²) in [5.74, 6) is 0.602. The molecule has 0 saturated carbocycles. The second-order valence-electron chi connectivity index (χ2n) is 7.04. The lowest BCUT2D eigenvalue weighted by Crippen LogP contribution is -2.32. The number of nitrogens with one attached hydrogen (secondary N) is 1. The van der Waals surface area contributed by atoms with E-state index in [2.05, 4.69) is 19.2 Å². The molecule has 2 N–H and O–H groups in total. The number of carbonyl (C=O) groups excluding carboxylic acids is 1. The molecule has 146 valence electrons. The van der Waals surface area contributed by atoms with Crippen LogP contribution in [0.1, 0.15) is 43.7 Å². The monoisotopic (exact) mass is 369 g/mol. The van der Waals surface area contributed by atoms with Crippen LogP contribution in [0.5, 0.6) is 5.75 Å². The van der Waals surface area contributed by atoms with E-state index in [-0.39, 0.29) is 12.5 Å². The van der Waals surface area contributed by atoms with Crippen LogP contribution in [-0.4, -0.2) is 30.8 Å². The zero-order valence-corrected chi connectivity index (χ0v) is 16.4. The van der Waals surface area contributed by atoms with Gasteiger partial charge >= 0.3 is 0 Å². The van der Waals surface area contributed by atoms with Gasteiger partial charge in [0, 0.05) is 6.54 Å². The summed E-state index contributed by atoms with van der Waals surface area (Å²) in [4.78, 5) is 12.4. The summed E-state index contributed by atoms with van der Waals surface area (Å²) in [7, 11) is 0. The number of hydrogen-bond donors (Lipinski definition) is 2. The predicted molar refractivity (Wildman–Crippen MR) is 109 cm³/mol. The summed E-state index contributed by atoms with van der Waals surface area (Å²) < 4.78 is 5.80. The number of aliphatic hydroxyl groups excluding tert-OH is 1. The topological polar surface area (TPSA) is 58.6 Å². The van der Waals surface area contributed by atoms with Crippen LogP contribution in [0.15, 0.2) is 54.6 Å². The Kier molecular flexibility index (Phi) is 8.85. The highest BCUT2D eigenvalue weighted by atomic mass is 16.5. The molecule has 2 atom stereocenters. The van der Waals surface area contributed by atoms with Gasteiger partial charge in [-0.1, -0.05) is 62.7 Å². The van der Waals surface area contributed by atoms with E-state index in [4.69, 9.17) is 4.74 Å². The van der Waals surface area contributed by atoms with E-state index in [1.54, 1.807) is 0 Å². The summed E-state index contributed by atoms with van der Waals surface area (Å²) in [6.07, 6.45) is 3.07. The van der Waals surface area contributed by atoms with Crippen molar-refractivity contribution in [3.05, 3.63) is 65.7 Å². The van der Waals surface area contributed by atoms with Crippen LogP contribution in [0, 0.1) is 5.92 Å². The van der Waals surface area contributed by atoms with Crippen LogP contribution in [0.4, 0.5) is 0 Å². The fourth-order valence-electron chi connectivity index (χ4n) is 3.05. The van der Waals surface area contributed by atoms with Crippen molar-refractivity contribution in [2.75, 3.05) is 19.8 Å². The van der Waals surface area contributed by atoms with Crippen LogP contribution in [-0.2, 0) is 11.2 Å². The number of amides is 1. The van der Waals surface area contributed by atoms with E-state index in [0.717, 1.165) is 30.6 Å². The Morgan fingerprint density at radius 2 is 1.81 bits per heavy atom. The normalized spacial score (nSPS) is 13.0. The van der Waals surface area contributed by atoms with Gasteiger partial charge < -0.3 is 15.2 Å². The lowest BCUT2D eigenvalue weighted by molar-refractivity contribution is -0.123. The minimum Gasteiger partial charge on any atom is -0.493 e.